The lowest BCUT2D eigenvalue weighted by Crippen LogP contribution is -2.58. The van der Waals surface area contributed by atoms with Crippen LogP contribution in [0.25, 0.3) is 10.1 Å². The molecule has 3 saturated heterocycles. The van der Waals surface area contributed by atoms with Gasteiger partial charge >= 0.3 is 13.3 Å². The van der Waals surface area contributed by atoms with E-state index in [1.54, 1.807) is 16.0 Å². The third-order valence-corrected chi connectivity index (χ3v) is 10.5. The van der Waals surface area contributed by atoms with Gasteiger partial charge < -0.3 is 24.9 Å². The first kappa shape index (κ1) is 28.9. The largest absolute Gasteiger partial charge is 0.399 e. The number of aromatic nitrogens is 1. The van der Waals surface area contributed by atoms with Gasteiger partial charge in [0.15, 0.2) is 0 Å². The highest BCUT2D eigenvalue weighted by Gasteiger charge is 2.50. The van der Waals surface area contributed by atoms with E-state index >= 15 is 0 Å². The summed E-state index contributed by atoms with van der Waals surface area (Å²) in [6.45, 7) is 1.10. The molecule has 3 N–H and O–H groups in total. The van der Waals surface area contributed by atoms with Gasteiger partial charge in [0.25, 0.3) is 5.91 Å². The number of hydrogen-bond acceptors (Lipinski definition) is 6. The van der Waals surface area contributed by atoms with Crippen molar-refractivity contribution in [1.29, 1.82) is 0 Å². The molecule has 0 bridgehead atoms. The van der Waals surface area contributed by atoms with Crippen molar-refractivity contribution in [3.8, 4) is 0 Å². The third kappa shape index (κ3) is 5.12. The fourth-order valence-corrected chi connectivity index (χ4v) is 7.57. The summed E-state index contributed by atoms with van der Waals surface area (Å²) >= 11 is 1.02. The second-order valence-corrected chi connectivity index (χ2v) is 13.8. The number of thiophene rings is 1. The molecule has 1 aromatic carbocycles. The van der Waals surface area contributed by atoms with Crippen molar-refractivity contribution in [1.82, 2.24) is 20.1 Å². The molecule has 14 heteroatoms. The highest BCUT2D eigenvalue weighted by Crippen LogP contribution is 2.59. The molecule has 3 aromatic rings. The third-order valence-electron chi connectivity index (χ3n) is 8.43. The Hall–Kier alpha value is -3.25. The summed E-state index contributed by atoms with van der Waals surface area (Å²) < 4.78 is 40.2. The number of alkyl halides is 2. The Kier molecular flexibility index (Phi) is 7.41. The van der Waals surface area contributed by atoms with Crippen LogP contribution in [0.15, 0.2) is 48.7 Å². The van der Waals surface area contributed by atoms with Crippen molar-refractivity contribution in [2.75, 3.05) is 13.1 Å². The number of carbonyl (C=O) groups excluding carboxylic acids is 3. The molecule has 3 atom stereocenters. The van der Waals surface area contributed by atoms with Crippen LogP contribution in [0.3, 0.4) is 0 Å². The van der Waals surface area contributed by atoms with Gasteiger partial charge in [0.1, 0.15) is 12.1 Å². The molecular weight excluding hydrogens is 589 g/mol. The van der Waals surface area contributed by atoms with Crippen LogP contribution in [0.1, 0.15) is 59.0 Å². The monoisotopic (exact) mass is 618 g/mol. The summed E-state index contributed by atoms with van der Waals surface area (Å²) in [5.74, 6) is -0.774. The Labute approximate surface area is 243 Å². The Bertz CT molecular complexity index is 1590. The van der Waals surface area contributed by atoms with Crippen molar-refractivity contribution >= 4 is 46.7 Å². The summed E-state index contributed by atoms with van der Waals surface area (Å²) in [6, 6.07) is 8.74. The summed E-state index contributed by atoms with van der Waals surface area (Å²) in [5.41, 5.74) is -4.28. The van der Waals surface area contributed by atoms with Gasteiger partial charge in [-0.25, -0.2) is 0 Å². The van der Waals surface area contributed by atoms with Crippen LogP contribution < -0.4 is 5.32 Å². The number of fused-ring (bicyclic) bond motifs is 2. The second kappa shape index (κ2) is 10.8. The van der Waals surface area contributed by atoms with Crippen LogP contribution >= 0.6 is 18.9 Å². The molecule has 6 rings (SSSR count). The number of nitrogens with zero attached hydrogens (tertiary/aromatic N) is 3. The minimum atomic E-state index is -5.74. The number of carbonyl (C=O) groups is 3. The molecule has 0 aliphatic carbocycles. The zero-order valence-corrected chi connectivity index (χ0v) is 24.1. The lowest BCUT2D eigenvalue weighted by Gasteiger charge is -2.42. The summed E-state index contributed by atoms with van der Waals surface area (Å²) in [7, 11) is -5.74. The highest BCUT2D eigenvalue weighted by molar-refractivity contribution is 7.52. The molecule has 3 amide bonds. The van der Waals surface area contributed by atoms with Gasteiger partial charge in [-0.1, -0.05) is 12.1 Å². The van der Waals surface area contributed by atoms with Gasteiger partial charge in [0.2, 0.25) is 11.8 Å². The molecule has 3 fully saturated rings. The maximum absolute atomic E-state index is 14.2. The van der Waals surface area contributed by atoms with Gasteiger partial charge in [0.05, 0.1) is 4.88 Å². The van der Waals surface area contributed by atoms with E-state index in [0.29, 0.717) is 37.1 Å². The van der Waals surface area contributed by atoms with Gasteiger partial charge in [-0.2, -0.15) is 8.78 Å². The standard InChI is InChI=1S/C28H29F2N4O6PS/c29-28(30,41(38,39)40)18-7-10-23-16(12-18)13-24(42-23)25(35)32-21-6-3-4-19-8-9-22(34(19)26(21)36)27(37)33-14-17(15-33)20-5-1-2-11-31-20/h1-2,5,7,10-13,17,19,21-22H,3-4,6,8-9,14-15H2,(H,32,35)(H2,38,39,40)/t19-,21?,22-/m0/s1. The molecule has 3 aliphatic rings. The van der Waals surface area contributed by atoms with Crippen molar-refractivity contribution in [3.63, 3.8) is 0 Å². The number of halogens is 2. The maximum Gasteiger partial charge on any atom is 0.399 e. The van der Waals surface area contributed by atoms with Crippen LogP contribution in [-0.2, 0) is 19.8 Å². The van der Waals surface area contributed by atoms with Gasteiger partial charge in [-0.15, -0.1) is 11.3 Å². The summed E-state index contributed by atoms with van der Waals surface area (Å²) in [6.07, 6.45) is 4.85. The molecule has 3 aliphatic heterocycles. The minimum Gasteiger partial charge on any atom is -0.340 e. The number of nitrogens with one attached hydrogen (secondary N) is 1. The van der Waals surface area contributed by atoms with Crippen LogP contribution in [0.2, 0.25) is 0 Å². The van der Waals surface area contributed by atoms with E-state index in [-0.39, 0.29) is 34.0 Å². The predicted octanol–water partition coefficient (Wildman–Crippen LogP) is 3.79. The van der Waals surface area contributed by atoms with Crippen molar-refractivity contribution < 1.29 is 37.5 Å². The first-order valence-electron chi connectivity index (χ1n) is 13.7. The molecule has 0 spiro atoms. The van der Waals surface area contributed by atoms with E-state index in [9.17, 15) is 27.7 Å². The summed E-state index contributed by atoms with van der Waals surface area (Å²) in [4.78, 5) is 66.5. The lowest BCUT2D eigenvalue weighted by atomic mass is 9.94. The van der Waals surface area contributed by atoms with Gasteiger partial charge in [-0.05, 0) is 67.8 Å². The van der Waals surface area contributed by atoms with Crippen molar-refractivity contribution in [3.05, 3.63) is 64.8 Å². The number of rotatable bonds is 6. The van der Waals surface area contributed by atoms with E-state index < -0.39 is 36.8 Å². The molecule has 1 unspecified atom stereocenters. The second-order valence-electron chi connectivity index (χ2n) is 11.1. The fraction of sp³-hybridized carbons (Fsp3) is 0.429. The number of benzene rings is 1. The first-order chi connectivity index (χ1) is 19.9. The molecule has 2 aromatic heterocycles. The average molecular weight is 619 g/mol. The van der Waals surface area contributed by atoms with E-state index in [0.717, 1.165) is 42.0 Å². The number of pyridine rings is 1. The smallest absolute Gasteiger partial charge is 0.340 e. The summed E-state index contributed by atoms with van der Waals surface area (Å²) in [5, 5.41) is 3.02. The Morgan fingerprint density at radius 3 is 2.57 bits per heavy atom. The van der Waals surface area contributed by atoms with E-state index in [2.05, 4.69) is 10.3 Å². The SMILES string of the molecule is O=C(NC1CCC[C@H]2CC[C@@H](C(=O)N3CC(c4ccccn4)C3)N2C1=O)c1cc2cc(C(F)(F)P(=O)(O)O)ccc2s1. The Balaban J connectivity index is 1.15. The zero-order valence-electron chi connectivity index (χ0n) is 22.4. The first-order valence-corrected chi connectivity index (χ1v) is 16.2. The number of hydrogen-bond donors (Lipinski definition) is 3. The molecule has 0 saturated carbocycles. The minimum absolute atomic E-state index is 0.0698. The topological polar surface area (TPSA) is 140 Å². The van der Waals surface area contributed by atoms with Crippen molar-refractivity contribution in [2.45, 2.75) is 61.8 Å². The van der Waals surface area contributed by atoms with Crippen LogP contribution in [0, 0.1) is 0 Å². The van der Waals surface area contributed by atoms with Gasteiger partial charge in [-0.3, -0.25) is 23.9 Å². The average Bonchev–Trinajstić information content (AvgIpc) is 3.52. The normalized spacial score (nSPS) is 23.4. The number of likely N-dealkylation sites (tertiary alicyclic amines) is 1. The van der Waals surface area contributed by atoms with Crippen LogP contribution in [0.5, 0.6) is 0 Å². The Morgan fingerprint density at radius 1 is 1.07 bits per heavy atom. The molecule has 42 heavy (non-hydrogen) atoms. The van der Waals surface area contributed by atoms with Crippen molar-refractivity contribution in [2.24, 2.45) is 0 Å². The molecule has 222 valence electrons. The lowest BCUT2D eigenvalue weighted by molar-refractivity contribution is -0.148. The van der Waals surface area contributed by atoms with E-state index in [1.807, 2.05) is 18.2 Å². The maximum atomic E-state index is 14.2. The molecular formula is C28H29F2N4O6PS. The zero-order chi connectivity index (χ0) is 29.8. The highest BCUT2D eigenvalue weighted by atomic mass is 32.1. The van der Waals surface area contributed by atoms with E-state index in [4.69, 9.17) is 9.79 Å². The Morgan fingerprint density at radius 2 is 1.86 bits per heavy atom. The fourth-order valence-electron chi connectivity index (χ4n) is 6.15. The quantitative estimate of drug-likeness (QED) is 0.357. The molecule has 0 radical (unpaired) electrons. The van der Waals surface area contributed by atoms with Crippen LogP contribution in [0.4, 0.5) is 8.78 Å². The number of amides is 3. The predicted molar refractivity (Wildman–Crippen MR) is 150 cm³/mol. The van der Waals surface area contributed by atoms with Gasteiger partial charge in [0, 0.05) is 47.2 Å². The van der Waals surface area contributed by atoms with E-state index in [1.165, 1.54) is 12.1 Å². The molecule has 10 nitrogen and oxygen atoms in total. The van der Waals surface area contributed by atoms with Crippen LogP contribution in [-0.4, -0.2) is 73.5 Å². The molecule has 5 heterocycles.